The minimum absolute atomic E-state index is 0. The van der Waals surface area contributed by atoms with Gasteiger partial charge in [-0.2, -0.15) is 0 Å². The first-order valence-corrected chi connectivity index (χ1v) is 6.70. The highest BCUT2D eigenvalue weighted by Crippen LogP contribution is 2.37. The second kappa shape index (κ2) is 7.28. The summed E-state index contributed by atoms with van der Waals surface area (Å²) in [7, 11) is 4.13. The summed E-state index contributed by atoms with van der Waals surface area (Å²) in [4.78, 5) is 2.16. The van der Waals surface area contributed by atoms with E-state index in [9.17, 15) is 5.11 Å². The molecule has 0 spiro atoms. The van der Waals surface area contributed by atoms with Crippen LogP contribution in [0.5, 0.6) is 0 Å². The molecule has 1 aromatic rings. The summed E-state index contributed by atoms with van der Waals surface area (Å²) in [5.41, 5.74) is 0.269. The van der Waals surface area contributed by atoms with E-state index in [4.69, 9.17) is 0 Å². The Morgan fingerprint density at radius 1 is 1.05 bits per heavy atom. The first-order chi connectivity index (χ1) is 8.27. The second-order valence-electron chi connectivity index (χ2n) is 6.17. The van der Waals surface area contributed by atoms with Crippen LogP contribution in [0, 0.1) is 0 Å². The summed E-state index contributed by atoms with van der Waals surface area (Å²) in [6, 6.07) is 10.3. The SMILES string of the molecule is CN(C)CCCC(C)(O)C(C)(C)c1ccccc1.[Cl-]. The van der Waals surface area contributed by atoms with Crippen molar-refractivity contribution < 1.29 is 17.5 Å². The van der Waals surface area contributed by atoms with Gasteiger partial charge in [-0.05, 0) is 46.0 Å². The number of halogens is 1. The van der Waals surface area contributed by atoms with Gasteiger partial charge in [-0.15, -0.1) is 0 Å². The Morgan fingerprint density at radius 2 is 1.58 bits per heavy atom. The Morgan fingerprint density at radius 3 is 2.05 bits per heavy atom. The number of benzene rings is 1. The van der Waals surface area contributed by atoms with Crippen molar-refractivity contribution in [1.82, 2.24) is 4.90 Å². The largest absolute Gasteiger partial charge is 1.00 e. The van der Waals surface area contributed by atoms with Crippen LogP contribution in [0.25, 0.3) is 0 Å². The highest BCUT2D eigenvalue weighted by molar-refractivity contribution is 5.27. The molecular weight excluding hydrogens is 258 g/mol. The molecule has 0 fully saturated rings. The predicted octanol–water partition coefficient (Wildman–Crippen LogP) is 0.0610. The maximum atomic E-state index is 10.8. The fourth-order valence-electron chi connectivity index (χ4n) is 2.22. The maximum absolute atomic E-state index is 10.8. The van der Waals surface area contributed by atoms with Gasteiger partial charge in [-0.1, -0.05) is 44.2 Å². The molecule has 3 heteroatoms. The van der Waals surface area contributed by atoms with Gasteiger partial charge in [0, 0.05) is 5.41 Å². The second-order valence-corrected chi connectivity index (χ2v) is 6.17. The molecule has 1 aromatic carbocycles. The van der Waals surface area contributed by atoms with E-state index in [1.165, 1.54) is 5.56 Å². The van der Waals surface area contributed by atoms with Crippen molar-refractivity contribution in [1.29, 1.82) is 0 Å². The Labute approximate surface area is 124 Å². The summed E-state index contributed by atoms with van der Waals surface area (Å²) in [5.74, 6) is 0. The lowest BCUT2D eigenvalue weighted by molar-refractivity contribution is -0.0189. The standard InChI is InChI=1S/C16H27NO.ClH/c1-15(2,14-10-7-6-8-11-14)16(3,18)12-9-13-17(4)5;/h6-8,10-11,18H,9,12-13H2,1-5H3;1H/p-1. The van der Waals surface area contributed by atoms with Gasteiger partial charge < -0.3 is 22.4 Å². The van der Waals surface area contributed by atoms with Crippen molar-refractivity contribution in [3.8, 4) is 0 Å². The Bertz CT molecular complexity index is 360. The van der Waals surface area contributed by atoms with Gasteiger partial charge in [0.15, 0.2) is 0 Å². The molecule has 1 unspecified atom stereocenters. The molecule has 0 aromatic heterocycles. The van der Waals surface area contributed by atoms with Crippen LogP contribution in [0.4, 0.5) is 0 Å². The van der Waals surface area contributed by atoms with Crippen LogP contribution in [0.15, 0.2) is 30.3 Å². The maximum Gasteiger partial charge on any atom is 0.0711 e. The van der Waals surface area contributed by atoms with Crippen molar-refractivity contribution in [2.75, 3.05) is 20.6 Å². The van der Waals surface area contributed by atoms with E-state index in [1.54, 1.807) is 0 Å². The number of hydrogen-bond acceptors (Lipinski definition) is 2. The van der Waals surface area contributed by atoms with Gasteiger partial charge >= 0.3 is 0 Å². The van der Waals surface area contributed by atoms with Crippen molar-refractivity contribution in [2.24, 2.45) is 0 Å². The molecule has 110 valence electrons. The number of nitrogens with zero attached hydrogens (tertiary/aromatic N) is 1. The highest BCUT2D eigenvalue weighted by Gasteiger charge is 2.39. The molecule has 0 bridgehead atoms. The molecule has 0 aliphatic rings. The van der Waals surface area contributed by atoms with Crippen LogP contribution >= 0.6 is 0 Å². The van der Waals surface area contributed by atoms with E-state index in [0.717, 1.165) is 19.4 Å². The summed E-state index contributed by atoms with van der Waals surface area (Å²) in [6.07, 6.45) is 1.82. The smallest absolute Gasteiger partial charge is 0.0711 e. The third kappa shape index (κ3) is 4.79. The molecule has 0 saturated heterocycles. The van der Waals surface area contributed by atoms with E-state index >= 15 is 0 Å². The van der Waals surface area contributed by atoms with Gasteiger partial charge in [0.2, 0.25) is 0 Å². The fraction of sp³-hybridized carbons (Fsp3) is 0.625. The molecule has 0 amide bonds. The van der Waals surface area contributed by atoms with Gasteiger partial charge in [0.25, 0.3) is 0 Å². The Hall–Kier alpha value is -0.570. The lowest BCUT2D eigenvalue weighted by Crippen LogP contribution is -3.00. The summed E-state index contributed by atoms with van der Waals surface area (Å²) < 4.78 is 0. The Balaban J connectivity index is 0.00000324. The van der Waals surface area contributed by atoms with Crippen LogP contribution in [0.1, 0.15) is 39.2 Å². The topological polar surface area (TPSA) is 23.5 Å². The number of rotatable bonds is 6. The van der Waals surface area contributed by atoms with E-state index in [-0.39, 0.29) is 17.8 Å². The van der Waals surface area contributed by atoms with Crippen LogP contribution < -0.4 is 12.4 Å². The molecule has 19 heavy (non-hydrogen) atoms. The Kier molecular flexibility index (Phi) is 7.06. The molecular formula is C16H27ClNO-. The van der Waals surface area contributed by atoms with E-state index in [0.29, 0.717) is 0 Å². The molecule has 0 aliphatic carbocycles. The lowest BCUT2D eigenvalue weighted by Gasteiger charge is -2.41. The first-order valence-electron chi connectivity index (χ1n) is 6.70. The summed E-state index contributed by atoms with van der Waals surface area (Å²) in [6.45, 7) is 7.21. The van der Waals surface area contributed by atoms with Gasteiger partial charge in [0.05, 0.1) is 5.60 Å². The average Bonchev–Trinajstić information content (AvgIpc) is 2.29. The average molecular weight is 285 g/mol. The zero-order valence-electron chi connectivity index (χ0n) is 12.8. The number of aliphatic hydroxyl groups is 1. The van der Waals surface area contributed by atoms with E-state index in [1.807, 2.05) is 25.1 Å². The van der Waals surface area contributed by atoms with E-state index in [2.05, 4.69) is 45.0 Å². The van der Waals surface area contributed by atoms with E-state index < -0.39 is 5.60 Å². The quantitative estimate of drug-likeness (QED) is 0.799. The minimum atomic E-state index is -0.690. The minimum Gasteiger partial charge on any atom is -1.00 e. The highest BCUT2D eigenvalue weighted by atomic mass is 35.5. The summed E-state index contributed by atoms with van der Waals surface area (Å²) in [5, 5.41) is 10.8. The van der Waals surface area contributed by atoms with Crippen LogP contribution in [-0.4, -0.2) is 36.2 Å². The van der Waals surface area contributed by atoms with Crippen molar-refractivity contribution in [3.05, 3.63) is 35.9 Å². The third-order valence-corrected chi connectivity index (χ3v) is 4.11. The fourth-order valence-corrected chi connectivity index (χ4v) is 2.22. The third-order valence-electron chi connectivity index (χ3n) is 4.11. The van der Waals surface area contributed by atoms with Crippen molar-refractivity contribution in [3.63, 3.8) is 0 Å². The summed E-state index contributed by atoms with van der Waals surface area (Å²) >= 11 is 0. The first kappa shape index (κ1) is 18.4. The number of hydrogen-bond donors (Lipinski definition) is 1. The monoisotopic (exact) mass is 284 g/mol. The molecule has 0 heterocycles. The molecule has 0 saturated carbocycles. The van der Waals surface area contributed by atoms with Crippen LogP contribution in [-0.2, 0) is 5.41 Å². The normalized spacial score (nSPS) is 14.9. The predicted molar refractivity (Wildman–Crippen MR) is 77.9 cm³/mol. The molecule has 2 nitrogen and oxygen atoms in total. The van der Waals surface area contributed by atoms with Crippen LogP contribution in [0.3, 0.4) is 0 Å². The van der Waals surface area contributed by atoms with Gasteiger partial charge in [-0.3, -0.25) is 0 Å². The molecule has 1 atom stereocenters. The zero-order chi connectivity index (χ0) is 13.8. The van der Waals surface area contributed by atoms with Crippen LogP contribution in [0.2, 0.25) is 0 Å². The van der Waals surface area contributed by atoms with Gasteiger partial charge in [-0.25, -0.2) is 0 Å². The van der Waals surface area contributed by atoms with Gasteiger partial charge in [0.1, 0.15) is 0 Å². The zero-order valence-corrected chi connectivity index (χ0v) is 13.5. The molecule has 1 rings (SSSR count). The van der Waals surface area contributed by atoms with Crippen molar-refractivity contribution in [2.45, 2.75) is 44.6 Å². The molecule has 0 aliphatic heterocycles. The van der Waals surface area contributed by atoms with Crippen molar-refractivity contribution >= 4 is 0 Å². The molecule has 1 N–H and O–H groups in total. The molecule has 0 radical (unpaired) electrons. The lowest BCUT2D eigenvalue weighted by atomic mass is 9.69.